The maximum atomic E-state index is 11.7. The zero-order valence-electron chi connectivity index (χ0n) is 50.7. The van der Waals surface area contributed by atoms with Crippen molar-refractivity contribution in [2.45, 2.75) is 0 Å². The maximum Gasteiger partial charge on any atom is 0.335 e. The number of carboxylic acids is 4. The molecule has 15 aromatic rings. The number of carboxylic acid groups (broad SMARTS) is 4. The molecule has 2 aliphatic heterocycles. The molecule has 5 heterocycles. The molecule has 0 saturated carbocycles. The fourth-order valence-electron chi connectivity index (χ4n) is 12.3. The number of H-pyrrole nitrogens is 2. The van der Waals surface area contributed by atoms with E-state index < -0.39 is 23.9 Å². The van der Waals surface area contributed by atoms with Gasteiger partial charge < -0.3 is 49.3 Å². The van der Waals surface area contributed by atoms with E-state index in [4.69, 9.17) is 48.9 Å². The number of nitrogens with zero attached hydrogens (tertiary/aromatic N) is 6. The van der Waals surface area contributed by atoms with Crippen molar-refractivity contribution in [3.05, 3.63) is 234 Å². The third-order valence-corrected chi connectivity index (χ3v) is 19.7. The van der Waals surface area contributed by atoms with Gasteiger partial charge in [-0.1, -0.05) is 0 Å². The Balaban J connectivity index is 0.918. The minimum atomic E-state index is -1.06. The summed E-state index contributed by atoms with van der Waals surface area (Å²) in [5.74, 6) is 0.525. The maximum absolute atomic E-state index is 11.7. The first-order valence-electron chi connectivity index (χ1n) is 30.3. The van der Waals surface area contributed by atoms with Gasteiger partial charge in [-0.15, -0.1) is 0 Å². The molecule has 0 unspecified atom stereocenters. The summed E-state index contributed by atoms with van der Waals surface area (Å²) in [6.07, 6.45) is 0. The van der Waals surface area contributed by atoms with Crippen LogP contribution in [-0.4, -0.2) is 84.2 Å². The van der Waals surface area contributed by atoms with E-state index in [1.165, 1.54) is 48.5 Å². The SMILES string of the molecule is O=C(O)c1ccc(Oc2cc3cc4c(cc3cc2Br)-c2nc-4nc3[nH]c(nc4nc(nc5[nH]c(n2)c2cc6cc(Oc7ccc(C(=O)O)cc7)c(Br)cc6cc52)-c2cc5cc(Oc6ccc(C(=O)O)cc6)c(Br)cc5cc2-4)c2cc4cc(Oc5ccc(C(=O)O)cc5)c(Br)cc4cc32)cc1. The minimum Gasteiger partial charge on any atom is -0.478 e. The zero-order valence-corrected chi connectivity index (χ0v) is 57.1. The van der Waals surface area contributed by atoms with Crippen molar-refractivity contribution in [3.8, 4) is 91.5 Å². The second-order valence-corrected chi connectivity index (χ2v) is 26.9. The highest BCUT2D eigenvalue weighted by molar-refractivity contribution is 9.11. The largest absolute Gasteiger partial charge is 0.478 e. The number of nitrogens with one attached hydrogen (secondary N) is 2. The van der Waals surface area contributed by atoms with Gasteiger partial charge in [-0.05, 0) is 301 Å². The van der Waals surface area contributed by atoms with Gasteiger partial charge >= 0.3 is 23.9 Å². The Labute approximate surface area is 594 Å². The number of rotatable bonds is 12. The van der Waals surface area contributed by atoms with E-state index in [1.807, 2.05) is 97.1 Å². The summed E-state index contributed by atoms with van der Waals surface area (Å²) in [4.78, 5) is 86.4. The van der Waals surface area contributed by atoms with Crippen LogP contribution in [0.2, 0.25) is 0 Å². The normalized spacial score (nSPS) is 11.7. The molecule has 2 aliphatic rings. The van der Waals surface area contributed by atoms with Crippen molar-refractivity contribution in [2.75, 3.05) is 0 Å². The topological polar surface area (TPSA) is 295 Å². The number of carbonyl (C=O) groups is 4. The van der Waals surface area contributed by atoms with E-state index in [0.717, 1.165) is 43.1 Å². The summed E-state index contributed by atoms with van der Waals surface area (Å²) in [5, 5.41) is 47.3. The Hall–Kier alpha value is -12.0. The number of aromatic nitrogens is 8. The molecule has 0 spiro atoms. The molecule has 482 valence electrons. The first kappa shape index (κ1) is 61.6. The molecule has 100 heavy (non-hydrogen) atoms. The van der Waals surface area contributed by atoms with Gasteiger partial charge in [0.05, 0.1) is 40.1 Å². The van der Waals surface area contributed by atoms with Crippen LogP contribution in [0.15, 0.2) is 212 Å². The van der Waals surface area contributed by atoms with E-state index >= 15 is 0 Å². The van der Waals surface area contributed by atoms with Crippen molar-refractivity contribution in [1.29, 1.82) is 0 Å². The Morgan fingerprint density at radius 2 is 0.470 bits per heavy atom. The van der Waals surface area contributed by atoms with Gasteiger partial charge in [0.25, 0.3) is 0 Å². The number of aromatic carboxylic acids is 4. The first-order valence-corrected chi connectivity index (χ1v) is 33.5. The molecule has 0 radical (unpaired) electrons. The molecule has 6 N–H and O–H groups in total. The van der Waals surface area contributed by atoms with Crippen LogP contribution in [0.4, 0.5) is 0 Å². The monoisotopic (exact) mass is 1570 g/mol. The Morgan fingerprint density at radius 3 is 0.690 bits per heavy atom. The van der Waals surface area contributed by atoms with Crippen LogP contribution in [0.5, 0.6) is 46.0 Å². The van der Waals surface area contributed by atoms with Gasteiger partial charge in [0.2, 0.25) is 0 Å². The average Bonchev–Trinajstić information content (AvgIpc) is 1.58. The molecule has 0 fully saturated rings. The van der Waals surface area contributed by atoms with Crippen LogP contribution in [0.1, 0.15) is 41.4 Å². The van der Waals surface area contributed by atoms with Gasteiger partial charge in [-0.3, -0.25) is 0 Å². The molecular formula is C76H38Br4N8O12. The number of ether oxygens (including phenoxy) is 4. The quantitative estimate of drug-likeness (QED) is 0.0662. The number of halogens is 4. The van der Waals surface area contributed by atoms with Crippen LogP contribution in [0.3, 0.4) is 0 Å². The van der Waals surface area contributed by atoms with Crippen LogP contribution in [0, 0.1) is 0 Å². The third-order valence-electron chi connectivity index (χ3n) is 17.2. The number of hydrogen-bond acceptors (Lipinski definition) is 14. The van der Waals surface area contributed by atoms with Crippen LogP contribution >= 0.6 is 63.7 Å². The number of aromatic amines is 2. The lowest BCUT2D eigenvalue weighted by Gasteiger charge is -2.11. The highest BCUT2D eigenvalue weighted by Crippen LogP contribution is 2.46. The summed E-state index contributed by atoms with van der Waals surface area (Å²) in [6, 6.07) is 55.7. The van der Waals surface area contributed by atoms with Gasteiger partial charge in [0.1, 0.15) is 68.6 Å². The molecule has 0 amide bonds. The zero-order chi connectivity index (χ0) is 68.5. The van der Waals surface area contributed by atoms with E-state index in [0.29, 0.717) is 154 Å². The van der Waals surface area contributed by atoms with E-state index in [2.05, 4.69) is 73.7 Å². The smallest absolute Gasteiger partial charge is 0.335 e. The summed E-state index contributed by atoms with van der Waals surface area (Å²) in [5.41, 5.74) is 4.58. The first-order chi connectivity index (χ1) is 48.3. The van der Waals surface area contributed by atoms with E-state index in [9.17, 15) is 39.6 Å². The van der Waals surface area contributed by atoms with Crippen LogP contribution in [-0.2, 0) is 0 Å². The second kappa shape index (κ2) is 23.9. The molecule has 24 heteroatoms. The lowest BCUT2D eigenvalue weighted by Crippen LogP contribution is -1.95. The highest BCUT2D eigenvalue weighted by Gasteiger charge is 2.26. The summed E-state index contributed by atoms with van der Waals surface area (Å²) < 4.78 is 28.0. The molecule has 0 atom stereocenters. The Kier molecular flexibility index (Phi) is 14.8. The van der Waals surface area contributed by atoms with Gasteiger partial charge in [0.15, 0.2) is 23.3 Å². The predicted molar refractivity (Wildman–Crippen MR) is 391 cm³/mol. The lowest BCUT2D eigenvalue weighted by atomic mass is 10.0. The molecule has 20 nitrogen and oxygen atoms in total. The highest BCUT2D eigenvalue weighted by atomic mass is 79.9. The predicted octanol–water partition coefficient (Wildman–Crippen LogP) is 20.5. The fraction of sp³-hybridized carbons (Fsp3) is 0. The molecule has 3 aromatic heterocycles. The van der Waals surface area contributed by atoms with Gasteiger partial charge in [0, 0.05) is 43.8 Å². The van der Waals surface area contributed by atoms with Crippen molar-refractivity contribution in [1.82, 2.24) is 39.9 Å². The Morgan fingerprint density at radius 1 is 0.270 bits per heavy atom. The van der Waals surface area contributed by atoms with Crippen molar-refractivity contribution in [2.24, 2.45) is 0 Å². The summed E-state index contributed by atoms with van der Waals surface area (Å²) in [6.45, 7) is 0. The van der Waals surface area contributed by atoms with Crippen LogP contribution < -0.4 is 18.9 Å². The lowest BCUT2D eigenvalue weighted by molar-refractivity contribution is 0.0686. The number of hydrogen-bond donors (Lipinski definition) is 6. The standard InChI is InChI=1S/C76H38Br4N8O12/c77-57-25-37-17-49-53(21-41(37)29-61(57)97-45-9-1-33(2-10-45)73(89)90)69-81-65(49)86-70-55-23-43-31-63(99-47-13-5-35(6-14-47)75(93)94)59(79)27-39(43)19-51(55)67(83-70)88-72-56-24-44-32-64(100-48-15-7-36(8-16-48)76(95)96)60(80)28-40(44)20-52(56)68(84-72)87-71-54-22-42-30-62(98-46-11-3-34(4-12-46)74(91)92)58(78)26-38(42)18-50(54)66(82-71)85-69/h1-32H,(H,89,90)(H,91,92)(H,93,94)(H,95,96)(H2,81,82,83,84,85,86,87,88). The van der Waals surface area contributed by atoms with Gasteiger partial charge in [-0.2, -0.15) is 0 Å². The van der Waals surface area contributed by atoms with E-state index in [-0.39, 0.29) is 22.3 Å². The fourth-order valence-corrected chi connectivity index (χ4v) is 14.0. The average molecular weight is 1570 g/mol. The van der Waals surface area contributed by atoms with E-state index in [1.54, 1.807) is 48.5 Å². The molecule has 8 bridgehead atoms. The van der Waals surface area contributed by atoms with Crippen molar-refractivity contribution < 1.29 is 58.6 Å². The molecule has 17 rings (SSSR count). The summed E-state index contributed by atoms with van der Waals surface area (Å²) >= 11 is 15.0. The number of fused-ring (bicyclic) bond motifs is 24. The second-order valence-electron chi connectivity index (χ2n) is 23.4. The number of benzene rings is 12. The van der Waals surface area contributed by atoms with Gasteiger partial charge in [-0.25, -0.2) is 49.1 Å². The molecule has 12 aromatic carbocycles. The molecule has 0 saturated heterocycles. The third kappa shape index (κ3) is 11.2. The minimum absolute atomic E-state index is 0.115. The van der Waals surface area contributed by atoms with Crippen molar-refractivity contribution >= 4 is 175 Å². The Bertz CT molecular complexity index is 5970. The molecule has 0 aliphatic carbocycles. The van der Waals surface area contributed by atoms with Crippen LogP contribution in [0.25, 0.3) is 133 Å². The van der Waals surface area contributed by atoms with Crippen molar-refractivity contribution in [3.63, 3.8) is 0 Å². The molecular weight excluding hydrogens is 1540 g/mol. The summed E-state index contributed by atoms with van der Waals surface area (Å²) in [7, 11) is 0.